The Labute approximate surface area is 110 Å². The second kappa shape index (κ2) is 4.58. The highest BCUT2D eigenvalue weighted by Gasteiger charge is 2.25. The molecule has 1 aliphatic heterocycles. The van der Waals surface area contributed by atoms with Crippen molar-refractivity contribution < 1.29 is 8.42 Å². The predicted octanol–water partition coefficient (Wildman–Crippen LogP) is 1.37. The number of anilines is 1. The van der Waals surface area contributed by atoms with E-state index in [1.807, 2.05) is 0 Å². The summed E-state index contributed by atoms with van der Waals surface area (Å²) in [7, 11) is -0.386. The third kappa shape index (κ3) is 2.80. The van der Waals surface area contributed by atoms with Gasteiger partial charge in [-0.05, 0) is 24.3 Å². The van der Waals surface area contributed by atoms with Crippen molar-refractivity contribution >= 4 is 39.2 Å². The first-order chi connectivity index (χ1) is 8.37. The standard InChI is InChI=1S/C10H11ClN4O2S/c1-15(2)10-9(13-18(16,17)14-10)12-8-5-3-7(11)4-6-8/h3-6H,1-2H3,(H,12,13). The number of nitrogens with one attached hydrogen (secondary N) is 1. The minimum atomic E-state index is -3.77. The number of hydrogen-bond donors (Lipinski definition) is 1. The van der Waals surface area contributed by atoms with E-state index in [4.69, 9.17) is 11.6 Å². The number of rotatable bonds is 1. The molecule has 0 amide bonds. The summed E-state index contributed by atoms with van der Waals surface area (Å²) in [5.74, 6) is 0.465. The minimum Gasteiger partial charge on any atom is -0.359 e. The number of likely N-dealkylation sites (N-methyl/N-ethyl adjacent to an activating group) is 1. The number of hydrogen-bond acceptors (Lipinski definition) is 4. The quantitative estimate of drug-likeness (QED) is 0.846. The maximum atomic E-state index is 11.3. The number of nitrogens with zero attached hydrogens (tertiary/aromatic N) is 3. The van der Waals surface area contributed by atoms with Crippen molar-refractivity contribution in [2.75, 3.05) is 19.4 Å². The molecule has 0 fully saturated rings. The van der Waals surface area contributed by atoms with Crippen LogP contribution in [0, 0.1) is 0 Å². The summed E-state index contributed by atoms with van der Waals surface area (Å²) in [6, 6.07) is 6.84. The van der Waals surface area contributed by atoms with Crippen LogP contribution in [-0.2, 0) is 10.2 Å². The van der Waals surface area contributed by atoms with Gasteiger partial charge in [-0.3, -0.25) is 0 Å². The SMILES string of the molecule is CN(C)C1=NS(=O)(=O)N=C1Nc1ccc(Cl)cc1. The van der Waals surface area contributed by atoms with Crippen molar-refractivity contribution in [3.8, 4) is 0 Å². The van der Waals surface area contributed by atoms with Crippen molar-refractivity contribution in [3.63, 3.8) is 0 Å². The van der Waals surface area contributed by atoms with Crippen LogP contribution in [-0.4, -0.2) is 39.1 Å². The van der Waals surface area contributed by atoms with E-state index < -0.39 is 10.2 Å². The summed E-state index contributed by atoms with van der Waals surface area (Å²) < 4.78 is 29.8. The van der Waals surface area contributed by atoms with Gasteiger partial charge in [0.25, 0.3) is 0 Å². The van der Waals surface area contributed by atoms with Gasteiger partial charge >= 0.3 is 10.2 Å². The molecule has 0 radical (unpaired) electrons. The maximum absolute atomic E-state index is 11.3. The van der Waals surface area contributed by atoms with Gasteiger partial charge in [0.15, 0.2) is 11.7 Å². The molecule has 0 bridgehead atoms. The lowest BCUT2D eigenvalue weighted by Crippen LogP contribution is -2.32. The van der Waals surface area contributed by atoms with Gasteiger partial charge in [0.2, 0.25) is 0 Å². The van der Waals surface area contributed by atoms with E-state index in [-0.39, 0.29) is 11.7 Å². The van der Waals surface area contributed by atoms with Gasteiger partial charge in [-0.15, -0.1) is 8.80 Å². The first-order valence-electron chi connectivity index (χ1n) is 5.02. The van der Waals surface area contributed by atoms with Gasteiger partial charge in [0, 0.05) is 24.8 Å². The Bertz CT molecular complexity index is 620. The van der Waals surface area contributed by atoms with E-state index >= 15 is 0 Å². The molecule has 6 nitrogen and oxygen atoms in total. The maximum Gasteiger partial charge on any atom is 0.367 e. The smallest absolute Gasteiger partial charge is 0.359 e. The Balaban J connectivity index is 2.29. The first kappa shape index (κ1) is 12.8. The van der Waals surface area contributed by atoms with Crippen molar-refractivity contribution in [1.82, 2.24) is 4.90 Å². The van der Waals surface area contributed by atoms with Gasteiger partial charge in [0.05, 0.1) is 0 Å². The lowest BCUT2D eigenvalue weighted by atomic mass is 10.3. The molecule has 2 rings (SSSR count). The first-order valence-corrected chi connectivity index (χ1v) is 6.80. The molecular weight excluding hydrogens is 276 g/mol. The van der Waals surface area contributed by atoms with Crippen LogP contribution in [0.3, 0.4) is 0 Å². The Morgan fingerprint density at radius 2 is 1.78 bits per heavy atom. The number of benzene rings is 1. The lowest BCUT2D eigenvalue weighted by Gasteiger charge is -2.13. The second-order valence-corrected chi connectivity index (χ2v) is 5.53. The average molecular weight is 287 g/mol. The fourth-order valence-corrected chi connectivity index (χ4v) is 2.36. The van der Waals surface area contributed by atoms with E-state index in [2.05, 4.69) is 14.1 Å². The molecule has 18 heavy (non-hydrogen) atoms. The van der Waals surface area contributed by atoms with Crippen molar-refractivity contribution in [3.05, 3.63) is 29.3 Å². The molecule has 0 unspecified atom stereocenters. The van der Waals surface area contributed by atoms with Crippen LogP contribution in [0.15, 0.2) is 33.1 Å². The summed E-state index contributed by atoms with van der Waals surface area (Å²) in [6.45, 7) is 0. The Kier molecular flexibility index (Phi) is 3.27. The zero-order valence-electron chi connectivity index (χ0n) is 9.75. The molecule has 8 heteroatoms. The molecule has 1 heterocycles. The van der Waals surface area contributed by atoms with Gasteiger partial charge in [-0.25, -0.2) is 0 Å². The Morgan fingerprint density at radius 1 is 1.17 bits per heavy atom. The summed E-state index contributed by atoms with van der Waals surface area (Å²) >= 11 is 5.77. The summed E-state index contributed by atoms with van der Waals surface area (Å²) in [5, 5.41) is 3.49. The van der Waals surface area contributed by atoms with E-state index in [1.54, 1.807) is 43.3 Å². The van der Waals surface area contributed by atoms with E-state index in [0.717, 1.165) is 0 Å². The monoisotopic (exact) mass is 286 g/mol. The highest BCUT2D eigenvalue weighted by atomic mass is 35.5. The third-order valence-electron chi connectivity index (χ3n) is 2.15. The van der Waals surface area contributed by atoms with Crippen LogP contribution in [0.2, 0.25) is 5.02 Å². The van der Waals surface area contributed by atoms with Gasteiger partial charge in [-0.2, -0.15) is 8.42 Å². The Morgan fingerprint density at radius 3 is 2.33 bits per heavy atom. The molecule has 0 atom stereocenters. The topological polar surface area (TPSA) is 74.1 Å². The molecule has 0 spiro atoms. The van der Waals surface area contributed by atoms with Crippen molar-refractivity contribution in [2.45, 2.75) is 0 Å². The second-order valence-electron chi connectivity index (χ2n) is 3.83. The van der Waals surface area contributed by atoms with Crippen LogP contribution < -0.4 is 5.32 Å². The zero-order valence-corrected chi connectivity index (χ0v) is 11.3. The molecule has 1 aliphatic rings. The van der Waals surface area contributed by atoms with Gasteiger partial charge in [0.1, 0.15) is 0 Å². The summed E-state index contributed by atoms with van der Waals surface area (Å²) in [5.41, 5.74) is 0.685. The fraction of sp³-hybridized carbons (Fsp3) is 0.200. The molecule has 1 N–H and O–H groups in total. The number of halogens is 1. The lowest BCUT2D eigenvalue weighted by molar-refractivity contribution is 0.598. The predicted molar refractivity (Wildman–Crippen MR) is 72.6 cm³/mol. The number of amidine groups is 2. The van der Waals surface area contributed by atoms with E-state index in [9.17, 15) is 8.42 Å². The zero-order chi connectivity index (χ0) is 13.3. The van der Waals surface area contributed by atoms with Crippen LogP contribution in [0.1, 0.15) is 0 Å². The molecular formula is C10H11ClN4O2S. The van der Waals surface area contributed by atoms with Gasteiger partial charge in [-0.1, -0.05) is 11.6 Å². The van der Waals surface area contributed by atoms with E-state index in [1.165, 1.54) is 0 Å². The van der Waals surface area contributed by atoms with Crippen LogP contribution in [0.4, 0.5) is 5.69 Å². The Hall–Kier alpha value is -1.60. The minimum absolute atomic E-state index is 0.197. The highest BCUT2D eigenvalue weighted by Crippen LogP contribution is 2.16. The average Bonchev–Trinajstić information content (AvgIpc) is 2.57. The molecule has 0 saturated heterocycles. The molecule has 0 aromatic heterocycles. The summed E-state index contributed by atoms with van der Waals surface area (Å²) in [6.07, 6.45) is 0. The molecule has 0 aliphatic carbocycles. The van der Waals surface area contributed by atoms with Crippen molar-refractivity contribution in [1.29, 1.82) is 0 Å². The highest BCUT2D eigenvalue weighted by molar-refractivity contribution is 7.89. The van der Waals surface area contributed by atoms with Crippen molar-refractivity contribution in [2.24, 2.45) is 8.80 Å². The van der Waals surface area contributed by atoms with Crippen LogP contribution >= 0.6 is 11.6 Å². The van der Waals surface area contributed by atoms with Crippen LogP contribution in [0.5, 0.6) is 0 Å². The molecule has 96 valence electrons. The van der Waals surface area contributed by atoms with Crippen LogP contribution in [0.25, 0.3) is 0 Å². The van der Waals surface area contributed by atoms with Gasteiger partial charge < -0.3 is 10.2 Å². The third-order valence-corrected chi connectivity index (χ3v) is 3.22. The summed E-state index contributed by atoms with van der Waals surface area (Å²) in [4.78, 5) is 1.58. The molecule has 0 saturated carbocycles. The largest absolute Gasteiger partial charge is 0.367 e. The fourth-order valence-electron chi connectivity index (χ4n) is 1.37. The molecule has 1 aromatic carbocycles. The molecule has 1 aromatic rings. The van der Waals surface area contributed by atoms with E-state index in [0.29, 0.717) is 10.7 Å². The normalized spacial score (nSPS) is 17.1.